The van der Waals surface area contributed by atoms with Gasteiger partial charge in [0.15, 0.2) is 0 Å². The van der Waals surface area contributed by atoms with Crippen LogP contribution >= 0.6 is 11.8 Å². The van der Waals surface area contributed by atoms with Gasteiger partial charge in [-0.1, -0.05) is 60.7 Å². The quantitative estimate of drug-likeness (QED) is 0.636. The molecule has 2 aliphatic heterocycles. The summed E-state index contributed by atoms with van der Waals surface area (Å²) in [5, 5.41) is 2.90. The smallest absolute Gasteiger partial charge is 0.269 e. The molecular formula is C26H23N3O3S. The molecule has 6 nitrogen and oxygen atoms in total. The zero-order chi connectivity index (χ0) is 23.0. The van der Waals surface area contributed by atoms with E-state index < -0.39 is 4.87 Å². The highest BCUT2D eigenvalue weighted by Gasteiger charge is 2.61. The van der Waals surface area contributed by atoms with Gasteiger partial charge < -0.3 is 5.32 Å². The van der Waals surface area contributed by atoms with Gasteiger partial charge in [0, 0.05) is 17.8 Å². The topological polar surface area (TPSA) is 69.7 Å². The van der Waals surface area contributed by atoms with Crippen LogP contribution in [0.5, 0.6) is 0 Å². The van der Waals surface area contributed by atoms with E-state index in [1.54, 1.807) is 4.90 Å². The molecule has 3 amide bonds. The van der Waals surface area contributed by atoms with Crippen molar-refractivity contribution in [3.8, 4) is 0 Å². The molecule has 0 unspecified atom stereocenters. The molecule has 0 aliphatic carbocycles. The fourth-order valence-corrected chi connectivity index (χ4v) is 5.83. The number of hydrogen-bond acceptors (Lipinski definition) is 4. The van der Waals surface area contributed by atoms with Crippen molar-refractivity contribution in [2.24, 2.45) is 0 Å². The van der Waals surface area contributed by atoms with E-state index in [1.165, 1.54) is 16.7 Å². The van der Waals surface area contributed by atoms with Gasteiger partial charge in [0.2, 0.25) is 16.7 Å². The van der Waals surface area contributed by atoms with Crippen molar-refractivity contribution in [2.45, 2.75) is 18.3 Å². The highest BCUT2D eigenvalue weighted by atomic mass is 32.2. The summed E-state index contributed by atoms with van der Waals surface area (Å²) in [4.78, 5) is 41.7. The number of amides is 3. The Kier molecular flexibility index (Phi) is 5.42. The van der Waals surface area contributed by atoms with E-state index in [1.807, 2.05) is 85.8 Å². The van der Waals surface area contributed by atoms with Crippen LogP contribution in [0.25, 0.3) is 0 Å². The van der Waals surface area contributed by atoms with Crippen LogP contribution < -0.4 is 15.1 Å². The molecule has 3 aromatic rings. The van der Waals surface area contributed by atoms with E-state index in [-0.39, 0.29) is 30.0 Å². The Morgan fingerprint density at radius 2 is 1.76 bits per heavy atom. The first-order valence-electron chi connectivity index (χ1n) is 10.8. The van der Waals surface area contributed by atoms with Gasteiger partial charge in [0.1, 0.15) is 6.54 Å². The molecule has 0 bridgehead atoms. The van der Waals surface area contributed by atoms with E-state index in [9.17, 15) is 14.4 Å². The molecule has 2 aliphatic rings. The normalized spacial score (nSPS) is 19.3. The van der Waals surface area contributed by atoms with Gasteiger partial charge >= 0.3 is 0 Å². The number of nitrogens with one attached hydrogen (secondary N) is 1. The van der Waals surface area contributed by atoms with Crippen molar-refractivity contribution < 1.29 is 14.4 Å². The molecule has 1 N–H and O–H groups in total. The maximum atomic E-state index is 13.9. The number of fused-ring (bicyclic) bond motifs is 2. The van der Waals surface area contributed by atoms with Crippen LogP contribution in [0.15, 0.2) is 78.9 Å². The summed E-state index contributed by atoms with van der Waals surface area (Å²) in [6, 6.07) is 24.7. The Balaban J connectivity index is 1.47. The molecule has 0 saturated carbocycles. The lowest BCUT2D eigenvalue weighted by atomic mass is 10.0. The largest absolute Gasteiger partial charge is 0.350 e. The van der Waals surface area contributed by atoms with Crippen LogP contribution in [0.4, 0.5) is 11.4 Å². The Morgan fingerprint density at radius 1 is 1.00 bits per heavy atom. The van der Waals surface area contributed by atoms with Crippen LogP contribution in [-0.4, -0.2) is 30.0 Å². The summed E-state index contributed by atoms with van der Waals surface area (Å²) in [6.45, 7) is 2.23. The van der Waals surface area contributed by atoms with Gasteiger partial charge in [-0.15, -0.1) is 11.8 Å². The van der Waals surface area contributed by atoms with Crippen LogP contribution in [0.1, 0.15) is 16.7 Å². The van der Waals surface area contributed by atoms with Gasteiger partial charge in [0.05, 0.1) is 11.4 Å². The molecule has 2 heterocycles. The molecule has 1 saturated heterocycles. The van der Waals surface area contributed by atoms with Crippen LogP contribution in [0.2, 0.25) is 0 Å². The van der Waals surface area contributed by atoms with E-state index >= 15 is 0 Å². The second kappa shape index (κ2) is 8.41. The third kappa shape index (κ3) is 3.58. The van der Waals surface area contributed by atoms with Gasteiger partial charge in [-0.2, -0.15) is 0 Å². The van der Waals surface area contributed by atoms with Crippen molar-refractivity contribution >= 4 is 40.9 Å². The standard InChI is InChI=1S/C26H23N3O3S/c1-18-8-7-11-20(14-18)29-24(31)17-33-26(29)21-12-5-6-13-22(21)28(25(26)32)16-23(30)27-15-19-9-3-2-4-10-19/h2-14H,15-17H2,1H3,(H,27,30)/t26-/m1/s1. The maximum absolute atomic E-state index is 13.9. The number of carbonyl (C=O) groups is 3. The first-order chi connectivity index (χ1) is 16.0. The molecule has 0 radical (unpaired) electrons. The number of thioether (sulfide) groups is 1. The lowest BCUT2D eigenvalue weighted by molar-refractivity contribution is -0.125. The minimum absolute atomic E-state index is 0.110. The predicted octanol–water partition coefficient (Wildman–Crippen LogP) is 3.59. The molecule has 166 valence electrons. The summed E-state index contributed by atoms with van der Waals surface area (Å²) in [6.07, 6.45) is 0. The van der Waals surface area contributed by atoms with Crippen LogP contribution in [0, 0.1) is 6.92 Å². The van der Waals surface area contributed by atoms with E-state index in [0.29, 0.717) is 17.9 Å². The number of anilines is 2. The lowest BCUT2D eigenvalue weighted by Gasteiger charge is -2.33. The second-order valence-electron chi connectivity index (χ2n) is 8.17. The minimum atomic E-state index is -1.21. The van der Waals surface area contributed by atoms with Crippen LogP contribution in [-0.2, 0) is 25.8 Å². The monoisotopic (exact) mass is 457 g/mol. The zero-order valence-corrected chi connectivity index (χ0v) is 19.0. The van der Waals surface area contributed by atoms with Crippen molar-refractivity contribution in [3.05, 3.63) is 95.6 Å². The van der Waals surface area contributed by atoms with E-state index in [4.69, 9.17) is 0 Å². The Labute approximate surface area is 196 Å². The first kappa shape index (κ1) is 21.3. The summed E-state index contributed by atoms with van der Waals surface area (Å²) in [7, 11) is 0. The molecule has 0 aromatic heterocycles. The number of nitrogens with zero attached hydrogens (tertiary/aromatic N) is 2. The Hall–Kier alpha value is -3.58. The van der Waals surface area contributed by atoms with E-state index in [2.05, 4.69) is 5.32 Å². The zero-order valence-electron chi connectivity index (χ0n) is 18.2. The summed E-state index contributed by atoms with van der Waals surface area (Å²) >= 11 is 1.31. The van der Waals surface area contributed by atoms with Gasteiger partial charge in [-0.3, -0.25) is 24.2 Å². The van der Waals surface area contributed by atoms with Crippen molar-refractivity contribution in [3.63, 3.8) is 0 Å². The molecule has 3 aromatic carbocycles. The third-order valence-electron chi connectivity index (χ3n) is 5.96. The Bertz CT molecular complexity index is 1250. The number of para-hydroxylation sites is 1. The number of aryl methyl sites for hydroxylation is 1. The molecule has 5 rings (SSSR count). The third-order valence-corrected chi connectivity index (χ3v) is 7.34. The molecule has 7 heteroatoms. The number of benzene rings is 3. The highest BCUT2D eigenvalue weighted by molar-refractivity contribution is 8.02. The highest BCUT2D eigenvalue weighted by Crippen LogP contribution is 2.55. The first-order valence-corrected chi connectivity index (χ1v) is 11.7. The molecular weight excluding hydrogens is 434 g/mol. The number of carbonyl (C=O) groups excluding carboxylic acids is 3. The van der Waals surface area contributed by atoms with Gasteiger partial charge in [-0.05, 0) is 36.2 Å². The number of hydrogen-bond donors (Lipinski definition) is 1. The summed E-state index contributed by atoms with van der Waals surface area (Å²) in [5.74, 6) is -0.447. The Morgan fingerprint density at radius 3 is 2.55 bits per heavy atom. The minimum Gasteiger partial charge on any atom is -0.350 e. The average Bonchev–Trinajstić information content (AvgIpc) is 3.29. The molecule has 1 atom stereocenters. The average molecular weight is 458 g/mol. The van der Waals surface area contributed by atoms with Crippen LogP contribution in [0.3, 0.4) is 0 Å². The summed E-state index contributed by atoms with van der Waals surface area (Å²) in [5.41, 5.74) is 4.07. The van der Waals surface area contributed by atoms with Crippen molar-refractivity contribution in [1.29, 1.82) is 0 Å². The molecule has 33 heavy (non-hydrogen) atoms. The second-order valence-corrected chi connectivity index (χ2v) is 9.34. The van der Waals surface area contributed by atoms with Gasteiger partial charge in [0.25, 0.3) is 5.91 Å². The number of rotatable bonds is 5. The molecule has 1 fully saturated rings. The molecule has 1 spiro atoms. The summed E-state index contributed by atoms with van der Waals surface area (Å²) < 4.78 is 0. The lowest BCUT2D eigenvalue weighted by Crippen LogP contribution is -2.51. The maximum Gasteiger partial charge on any atom is 0.269 e. The fraction of sp³-hybridized carbons (Fsp3) is 0.192. The predicted molar refractivity (Wildman–Crippen MR) is 130 cm³/mol. The fourth-order valence-electron chi connectivity index (χ4n) is 4.48. The van der Waals surface area contributed by atoms with Crippen molar-refractivity contribution in [2.75, 3.05) is 22.1 Å². The SMILES string of the molecule is Cc1cccc(N2C(=O)CS[C@]23C(=O)N(CC(=O)NCc2ccccc2)c2ccccc23)c1. The van der Waals surface area contributed by atoms with Gasteiger partial charge in [-0.25, -0.2) is 0 Å². The van der Waals surface area contributed by atoms with Crippen molar-refractivity contribution in [1.82, 2.24) is 5.32 Å². The van der Waals surface area contributed by atoms with E-state index in [0.717, 1.165) is 16.7 Å².